The van der Waals surface area contributed by atoms with Gasteiger partial charge in [0.2, 0.25) is 17.7 Å². The van der Waals surface area contributed by atoms with E-state index < -0.39 is 11.9 Å². The average molecular weight is 529 g/mol. The predicted molar refractivity (Wildman–Crippen MR) is 134 cm³/mol. The van der Waals surface area contributed by atoms with Gasteiger partial charge in [0.15, 0.2) is 12.6 Å². The number of nitrogens with one attached hydrogen (secondary N) is 3. The van der Waals surface area contributed by atoms with E-state index in [0.29, 0.717) is 52.2 Å². The lowest BCUT2D eigenvalue weighted by Gasteiger charge is -2.43. The van der Waals surface area contributed by atoms with Crippen LogP contribution in [-0.4, -0.2) is 88.7 Å². The van der Waals surface area contributed by atoms with Crippen LogP contribution in [0.5, 0.6) is 0 Å². The van der Waals surface area contributed by atoms with Gasteiger partial charge in [0.05, 0.1) is 31.8 Å². The van der Waals surface area contributed by atoms with Crippen molar-refractivity contribution in [2.75, 3.05) is 46.6 Å². The molecule has 212 valence electrons. The highest BCUT2D eigenvalue weighted by Gasteiger charge is 2.41. The van der Waals surface area contributed by atoms with Crippen molar-refractivity contribution in [3.8, 4) is 0 Å². The summed E-state index contributed by atoms with van der Waals surface area (Å²) >= 11 is 0. The highest BCUT2D eigenvalue weighted by atomic mass is 16.7. The van der Waals surface area contributed by atoms with E-state index in [0.717, 1.165) is 19.4 Å². The first-order valence-corrected chi connectivity index (χ1v) is 13.2. The van der Waals surface area contributed by atoms with Crippen LogP contribution in [0, 0.1) is 5.41 Å². The molecule has 2 aliphatic rings. The second-order valence-electron chi connectivity index (χ2n) is 9.96. The van der Waals surface area contributed by atoms with Gasteiger partial charge >= 0.3 is 0 Å². The number of ketones is 1. The third-order valence-corrected chi connectivity index (χ3v) is 6.35. The molecule has 0 radical (unpaired) electrons. The Morgan fingerprint density at radius 1 is 0.865 bits per heavy atom. The molecule has 12 nitrogen and oxygen atoms in total. The van der Waals surface area contributed by atoms with E-state index in [-0.39, 0.29) is 61.3 Å². The first kappa shape index (κ1) is 31.1. The van der Waals surface area contributed by atoms with E-state index in [4.69, 9.17) is 24.7 Å². The number of rotatable bonds is 17. The SMILES string of the molecule is CNCCCC1OCC2(CO1)COC(CCCNC(=O)C(CCC(C)=O)NC(=O)CCCC(N)=O)OC2. The molecule has 0 bridgehead atoms. The number of nitrogens with two attached hydrogens (primary N) is 1. The second-order valence-corrected chi connectivity index (χ2v) is 9.96. The zero-order valence-corrected chi connectivity index (χ0v) is 22.2. The van der Waals surface area contributed by atoms with Gasteiger partial charge in [0.1, 0.15) is 11.8 Å². The van der Waals surface area contributed by atoms with Crippen molar-refractivity contribution >= 4 is 23.5 Å². The number of Topliss-reactive ketones (excluding diaryl/α,β-unsaturated/α-hetero) is 1. The van der Waals surface area contributed by atoms with Crippen LogP contribution in [-0.2, 0) is 38.1 Å². The molecule has 1 atom stereocenters. The molecular weight excluding hydrogens is 484 g/mol. The maximum atomic E-state index is 12.6. The Balaban J connectivity index is 1.65. The monoisotopic (exact) mass is 528 g/mol. The van der Waals surface area contributed by atoms with Gasteiger partial charge in [-0.05, 0) is 52.6 Å². The van der Waals surface area contributed by atoms with E-state index in [2.05, 4.69) is 16.0 Å². The summed E-state index contributed by atoms with van der Waals surface area (Å²) in [5, 5.41) is 8.58. The minimum atomic E-state index is -0.819. The fourth-order valence-electron chi connectivity index (χ4n) is 4.11. The molecule has 5 N–H and O–H groups in total. The van der Waals surface area contributed by atoms with E-state index in [9.17, 15) is 19.2 Å². The summed E-state index contributed by atoms with van der Waals surface area (Å²) in [6.07, 6.45) is 3.38. The lowest BCUT2D eigenvalue weighted by atomic mass is 9.90. The third kappa shape index (κ3) is 12.3. The maximum absolute atomic E-state index is 12.6. The second kappa shape index (κ2) is 16.7. The third-order valence-electron chi connectivity index (χ3n) is 6.35. The highest BCUT2D eigenvalue weighted by molar-refractivity contribution is 5.88. The summed E-state index contributed by atoms with van der Waals surface area (Å²) < 4.78 is 23.5. The Bertz CT molecular complexity index is 732. The molecule has 0 aromatic rings. The topological polar surface area (TPSA) is 167 Å². The maximum Gasteiger partial charge on any atom is 0.242 e. The molecule has 12 heteroatoms. The molecule has 2 rings (SSSR count). The van der Waals surface area contributed by atoms with Gasteiger partial charge in [-0.2, -0.15) is 0 Å². The summed E-state index contributed by atoms with van der Waals surface area (Å²) in [6.45, 7) is 4.79. The van der Waals surface area contributed by atoms with Crippen molar-refractivity contribution in [2.45, 2.75) is 83.3 Å². The molecular formula is C25H44N4O8. The van der Waals surface area contributed by atoms with Crippen LogP contribution in [0.25, 0.3) is 0 Å². The quantitative estimate of drug-likeness (QED) is 0.192. The standard InChI is InChI=1S/C25H44N4O8/c1-18(30)10-11-19(29-21(32)7-3-6-20(26)31)24(33)28-13-5-9-23-36-16-25(17-37-23)14-34-22(35-15-25)8-4-12-27-2/h19,22-23,27H,3-17H2,1-2H3,(H2,26,31)(H,28,33)(H,29,32). The molecule has 0 aromatic carbocycles. The van der Waals surface area contributed by atoms with Gasteiger partial charge < -0.3 is 45.4 Å². The molecule has 2 aliphatic heterocycles. The molecule has 1 spiro atoms. The molecule has 3 amide bonds. The molecule has 2 saturated heterocycles. The van der Waals surface area contributed by atoms with Crippen LogP contribution in [0.1, 0.15) is 64.7 Å². The minimum Gasteiger partial charge on any atom is -0.370 e. The van der Waals surface area contributed by atoms with Crippen molar-refractivity contribution in [1.82, 2.24) is 16.0 Å². The van der Waals surface area contributed by atoms with E-state index >= 15 is 0 Å². The molecule has 0 aliphatic carbocycles. The summed E-state index contributed by atoms with van der Waals surface area (Å²) in [7, 11) is 1.92. The van der Waals surface area contributed by atoms with E-state index in [1.165, 1.54) is 6.92 Å². The normalized spacial score (nSPS) is 24.4. The van der Waals surface area contributed by atoms with E-state index in [1.54, 1.807) is 0 Å². The largest absolute Gasteiger partial charge is 0.370 e. The van der Waals surface area contributed by atoms with Crippen LogP contribution in [0.3, 0.4) is 0 Å². The Morgan fingerprint density at radius 2 is 1.43 bits per heavy atom. The molecule has 0 saturated carbocycles. The lowest BCUT2D eigenvalue weighted by molar-refractivity contribution is -0.304. The summed E-state index contributed by atoms with van der Waals surface area (Å²) in [5.74, 6) is -1.26. The summed E-state index contributed by atoms with van der Waals surface area (Å²) in [4.78, 5) is 47.0. The lowest BCUT2D eigenvalue weighted by Crippen LogP contribution is -2.52. The van der Waals surface area contributed by atoms with Crippen LogP contribution >= 0.6 is 0 Å². The van der Waals surface area contributed by atoms with Crippen LogP contribution in [0.15, 0.2) is 0 Å². The fourth-order valence-corrected chi connectivity index (χ4v) is 4.11. The first-order chi connectivity index (χ1) is 17.7. The zero-order chi connectivity index (χ0) is 27.1. The predicted octanol–water partition coefficient (Wildman–Crippen LogP) is 0.124. The first-order valence-electron chi connectivity index (χ1n) is 13.2. The number of carbonyl (C=O) groups excluding carboxylic acids is 4. The minimum absolute atomic E-state index is 0.0665. The van der Waals surface area contributed by atoms with Crippen LogP contribution in [0.2, 0.25) is 0 Å². The number of ether oxygens (including phenoxy) is 4. The number of primary amides is 1. The fraction of sp³-hybridized carbons (Fsp3) is 0.840. The molecule has 1 unspecified atom stereocenters. The molecule has 37 heavy (non-hydrogen) atoms. The van der Waals surface area contributed by atoms with Gasteiger partial charge in [-0.3, -0.25) is 14.4 Å². The van der Waals surface area contributed by atoms with Crippen LogP contribution < -0.4 is 21.7 Å². The van der Waals surface area contributed by atoms with Crippen molar-refractivity contribution in [1.29, 1.82) is 0 Å². The molecule has 2 fully saturated rings. The van der Waals surface area contributed by atoms with Crippen molar-refractivity contribution in [3.63, 3.8) is 0 Å². The Hall–Kier alpha value is -2.12. The zero-order valence-electron chi connectivity index (χ0n) is 22.2. The van der Waals surface area contributed by atoms with Crippen molar-refractivity contribution in [3.05, 3.63) is 0 Å². The van der Waals surface area contributed by atoms with Gasteiger partial charge in [-0.1, -0.05) is 0 Å². The van der Waals surface area contributed by atoms with Crippen LogP contribution in [0.4, 0.5) is 0 Å². The summed E-state index contributed by atoms with van der Waals surface area (Å²) in [6, 6.07) is -0.819. The Morgan fingerprint density at radius 3 is 1.95 bits per heavy atom. The van der Waals surface area contributed by atoms with Gasteiger partial charge in [0.25, 0.3) is 0 Å². The van der Waals surface area contributed by atoms with E-state index in [1.807, 2.05) is 7.05 Å². The highest BCUT2D eigenvalue weighted by Crippen LogP contribution is 2.31. The average Bonchev–Trinajstić information content (AvgIpc) is 2.86. The molecule has 0 aromatic heterocycles. The molecule has 2 heterocycles. The van der Waals surface area contributed by atoms with Crippen molar-refractivity contribution in [2.24, 2.45) is 11.1 Å². The van der Waals surface area contributed by atoms with Gasteiger partial charge in [0, 0.05) is 32.2 Å². The smallest absolute Gasteiger partial charge is 0.242 e. The number of carbonyl (C=O) groups is 4. The Labute approximate surface area is 219 Å². The number of hydrogen-bond acceptors (Lipinski definition) is 9. The van der Waals surface area contributed by atoms with Gasteiger partial charge in [-0.15, -0.1) is 0 Å². The number of hydrogen-bond donors (Lipinski definition) is 4. The summed E-state index contributed by atoms with van der Waals surface area (Å²) in [5.41, 5.74) is 4.80. The Kier molecular flexibility index (Phi) is 14.0. The van der Waals surface area contributed by atoms with Gasteiger partial charge in [-0.25, -0.2) is 0 Å². The van der Waals surface area contributed by atoms with Crippen molar-refractivity contribution < 1.29 is 38.1 Å². The number of amides is 3.